The molecule has 2 amide bonds. The largest absolute Gasteiger partial charge is 0.497 e. The fourth-order valence-electron chi connectivity index (χ4n) is 2.64. The summed E-state index contributed by atoms with van der Waals surface area (Å²) >= 11 is 0. The standard InChI is InChI=1S/C17H17FN2O4/c1-23-12-4-5-13(14(18)11-12)16(21)19-6-8-20(9-7-19)17(22)15-3-2-10-24-15/h2-5,10-11H,6-9H2,1H3. The van der Waals surface area contributed by atoms with Crippen molar-refractivity contribution in [2.75, 3.05) is 33.3 Å². The maximum absolute atomic E-state index is 14.0. The first-order valence-corrected chi connectivity index (χ1v) is 7.55. The predicted octanol–water partition coefficient (Wildman–Crippen LogP) is 2.03. The van der Waals surface area contributed by atoms with Crippen LogP contribution in [0.4, 0.5) is 4.39 Å². The number of benzene rings is 1. The monoisotopic (exact) mass is 332 g/mol. The van der Waals surface area contributed by atoms with E-state index in [-0.39, 0.29) is 23.1 Å². The van der Waals surface area contributed by atoms with Crippen LogP contribution in [0.15, 0.2) is 41.0 Å². The molecule has 1 aromatic heterocycles. The Balaban J connectivity index is 1.64. The van der Waals surface area contributed by atoms with Crippen molar-refractivity contribution < 1.29 is 23.1 Å². The van der Waals surface area contributed by atoms with Gasteiger partial charge in [0.25, 0.3) is 11.8 Å². The molecule has 0 radical (unpaired) electrons. The molecule has 0 spiro atoms. The highest BCUT2D eigenvalue weighted by Crippen LogP contribution is 2.19. The summed E-state index contributed by atoms with van der Waals surface area (Å²) in [7, 11) is 1.44. The SMILES string of the molecule is COc1ccc(C(=O)N2CCN(C(=O)c3ccco3)CC2)c(F)c1. The molecule has 0 saturated carbocycles. The minimum atomic E-state index is -0.617. The van der Waals surface area contributed by atoms with Crippen LogP contribution in [0.5, 0.6) is 5.75 Å². The fourth-order valence-corrected chi connectivity index (χ4v) is 2.64. The van der Waals surface area contributed by atoms with Crippen LogP contribution < -0.4 is 4.74 Å². The van der Waals surface area contributed by atoms with Gasteiger partial charge in [0.05, 0.1) is 18.9 Å². The van der Waals surface area contributed by atoms with Crippen LogP contribution in [0, 0.1) is 5.82 Å². The third-order valence-electron chi connectivity index (χ3n) is 3.99. The Labute approximate surface area is 138 Å². The second-order valence-electron chi connectivity index (χ2n) is 5.41. The van der Waals surface area contributed by atoms with Gasteiger partial charge in [-0.25, -0.2) is 4.39 Å². The molecule has 2 aromatic rings. The van der Waals surface area contributed by atoms with Crippen molar-refractivity contribution in [3.8, 4) is 5.75 Å². The zero-order valence-electron chi connectivity index (χ0n) is 13.2. The molecule has 0 bridgehead atoms. The smallest absolute Gasteiger partial charge is 0.289 e. The average molecular weight is 332 g/mol. The molecule has 6 nitrogen and oxygen atoms in total. The van der Waals surface area contributed by atoms with Crippen LogP contribution >= 0.6 is 0 Å². The van der Waals surface area contributed by atoms with E-state index in [4.69, 9.17) is 9.15 Å². The fraction of sp³-hybridized carbons (Fsp3) is 0.294. The third kappa shape index (κ3) is 3.10. The van der Waals surface area contributed by atoms with Gasteiger partial charge in [-0.05, 0) is 24.3 Å². The normalized spacial score (nSPS) is 14.6. The van der Waals surface area contributed by atoms with Crippen LogP contribution in [0.25, 0.3) is 0 Å². The molecular formula is C17H17FN2O4. The Kier molecular flexibility index (Phi) is 4.50. The number of piperazine rings is 1. The van der Waals surface area contributed by atoms with Crippen molar-refractivity contribution in [3.63, 3.8) is 0 Å². The number of carbonyl (C=O) groups excluding carboxylic acids is 2. The Morgan fingerprint density at radius 3 is 2.29 bits per heavy atom. The van der Waals surface area contributed by atoms with Gasteiger partial charge in [0.2, 0.25) is 0 Å². The molecule has 1 aliphatic heterocycles. The van der Waals surface area contributed by atoms with Crippen LogP contribution in [0.3, 0.4) is 0 Å². The highest BCUT2D eigenvalue weighted by molar-refractivity contribution is 5.95. The predicted molar refractivity (Wildman–Crippen MR) is 83.5 cm³/mol. The zero-order chi connectivity index (χ0) is 17.1. The second-order valence-corrected chi connectivity index (χ2v) is 5.41. The first kappa shape index (κ1) is 16.0. The van der Waals surface area contributed by atoms with E-state index in [1.165, 1.54) is 30.4 Å². The van der Waals surface area contributed by atoms with E-state index >= 15 is 0 Å². The Hall–Kier alpha value is -2.83. The van der Waals surface area contributed by atoms with E-state index in [1.54, 1.807) is 23.1 Å². The third-order valence-corrected chi connectivity index (χ3v) is 3.99. The van der Waals surface area contributed by atoms with Crippen LogP contribution in [0.2, 0.25) is 0 Å². The summed E-state index contributed by atoms with van der Waals surface area (Å²) in [4.78, 5) is 27.8. The number of carbonyl (C=O) groups is 2. The number of amides is 2. The van der Waals surface area contributed by atoms with E-state index in [0.29, 0.717) is 31.9 Å². The number of ether oxygens (including phenoxy) is 1. The number of methoxy groups -OCH3 is 1. The number of furan rings is 1. The van der Waals surface area contributed by atoms with E-state index in [2.05, 4.69) is 0 Å². The van der Waals surface area contributed by atoms with Gasteiger partial charge in [-0.2, -0.15) is 0 Å². The van der Waals surface area contributed by atoms with Crippen molar-refractivity contribution in [1.29, 1.82) is 0 Å². The van der Waals surface area contributed by atoms with Crippen LogP contribution in [-0.2, 0) is 0 Å². The minimum Gasteiger partial charge on any atom is -0.497 e. The number of nitrogens with zero attached hydrogens (tertiary/aromatic N) is 2. The molecule has 1 saturated heterocycles. The van der Waals surface area contributed by atoms with E-state index < -0.39 is 5.82 Å². The van der Waals surface area contributed by atoms with Crippen molar-refractivity contribution in [2.24, 2.45) is 0 Å². The lowest BCUT2D eigenvalue weighted by molar-refractivity contribution is 0.0515. The number of rotatable bonds is 3. The second kappa shape index (κ2) is 6.74. The summed E-state index contributed by atoms with van der Waals surface area (Å²) in [6, 6.07) is 7.40. The molecule has 1 fully saturated rings. The van der Waals surface area contributed by atoms with Gasteiger partial charge in [-0.15, -0.1) is 0 Å². The van der Waals surface area contributed by atoms with Gasteiger partial charge >= 0.3 is 0 Å². The molecule has 24 heavy (non-hydrogen) atoms. The first-order valence-electron chi connectivity index (χ1n) is 7.55. The minimum absolute atomic E-state index is 0.00149. The van der Waals surface area contributed by atoms with Crippen molar-refractivity contribution in [3.05, 3.63) is 53.7 Å². The molecule has 126 valence electrons. The molecule has 0 aliphatic carbocycles. The van der Waals surface area contributed by atoms with Gasteiger partial charge < -0.3 is 19.0 Å². The van der Waals surface area contributed by atoms with Gasteiger partial charge in [0.1, 0.15) is 11.6 Å². The van der Waals surface area contributed by atoms with Crippen molar-refractivity contribution in [1.82, 2.24) is 9.80 Å². The lowest BCUT2D eigenvalue weighted by atomic mass is 10.1. The summed E-state index contributed by atoms with van der Waals surface area (Å²) in [5.41, 5.74) is 0.00149. The lowest BCUT2D eigenvalue weighted by Gasteiger charge is -2.34. The molecule has 0 N–H and O–H groups in total. The molecule has 1 aliphatic rings. The summed E-state index contributed by atoms with van der Waals surface area (Å²) in [5.74, 6) is -0.578. The van der Waals surface area contributed by atoms with Crippen LogP contribution in [-0.4, -0.2) is 54.9 Å². The van der Waals surface area contributed by atoms with Crippen molar-refractivity contribution in [2.45, 2.75) is 0 Å². The average Bonchev–Trinajstić information content (AvgIpc) is 3.15. The van der Waals surface area contributed by atoms with Gasteiger partial charge in [-0.1, -0.05) is 0 Å². The Bertz CT molecular complexity index is 737. The van der Waals surface area contributed by atoms with E-state index in [9.17, 15) is 14.0 Å². The summed E-state index contributed by atoms with van der Waals surface area (Å²) < 4.78 is 24.1. The highest BCUT2D eigenvalue weighted by atomic mass is 19.1. The molecule has 2 heterocycles. The quantitative estimate of drug-likeness (QED) is 0.863. The highest BCUT2D eigenvalue weighted by Gasteiger charge is 2.27. The topological polar surface area (TPSA) is 63.0 Å². The first-order chi connectivity index (χ1) is 11.6. The number of halogens is 1. The maximum Gasteiger partial charge on any atom is 0.289 e. The van der Waals surface area contributed by atoms with Crippen molar-refractivity contribution >= 4 is 11.8 Å². The summed E-state index contributed by atoms with van der Waals surface area (Å²) in [6.07, 6.45) is 1.44. The molecule has 1 aromatic carbocycles. The molecule has 0 atom stereocenters. The van der Waals surface area contributed by atoms with E-state index in [1.807, 2.05) is 0 Å². The van der Waals surface area contributed by atoms with Crippen LogP contribution in [0.1, 0.15) is 20.9 Å². The molecule has 3 rings (SSSR count). The Morgan fingerprint density at radius 2 is 1.75 bits per heavy atom. The van der Waals surface area contributed by atoms with E-state index in [0.717, 1.165) is 0 Å². The van der Waals surface area contributed by atoms with Gasteiger partial charge in [-0.3, -0.25) is 9.59 Å². The summed E-state index contributed by atoms with van der Waals surface area (Å²) in [5, 5.41) is 0. The molecule has 0 unspecified atom stereocenters. The number of hydrogen-bond acceptors (Lipinski definition) is 4. The molecular weight excluding hydrogens is 315 g/mol. The zero-order valence-corrected chi connectivity index (χ0v) is 13.2. The maximum atomic E-state index is 14.0. The van der Waals surface area contributed by atoms with Gasteiger partial charge in [0, 0.05) is 32.2 Å². The number of hydrogen-bond donors (Lipinski definition) is 0. The lowest BCUT2D eigenvalue weighted by Crippen LogP contribution is -2.50. The Morgan fingerprint density at radius 1 is 1.08 bits per heavy atom. The summed E-state index contributed by atoms with van der Waals surface area (Å²) in [6.45, 7) is 1.44. The molecule has 7 heteroatoms. The van der Waals surface area contributed by atoms with Gasteiger partial charge in [0.15, 0.2) is 5.76 Å².